The van der Waals surface area contributed by atoms with Gasteiger partial charge in [0.2, 0.25) is 0 Å². The Balaban J connectivity index is 2.46. The molecule has 1 saturated heterocycles. The number of methoxy groups -OCH3 is 1. The van der Waals surface area contributed by atoms with Crippen molar-refractivity contribution in [3.8, 4) is 0 Å². The molecule has 0 N–H and O–H groups in total. The van der Waals surface area contributed by atoms with Crippen molar-refractivity contribution in [1.29, 1.82) is 0 Å². The number of amides is 1. The highest BCUT2D eigenvalue weighted by atomic mass is 16.5. The first kappa shape index (κ1) is 13.5. The number of carbonyl (C=O) groups is 1. The second kappa shape index (κ2) is 5.15. The van der Waals surface area contributed by atoms with E-state index in [1.54, 1.807) is 14.0 Å². The summed E-state index contributed by atoms with van der Waals surface area (Å²) >= 11 is 0. The Morgan fingerprint density at radius 1 is 1.19 bits per heavy atom. The summed E-state index contributed by atoms with van der Waals surface area (Å²) in [6.45, 7) is 12.0. The molecule has 1 heterocycles. The van der Waals surface area contributed by atoms with Crippen LogP contribution in [0.15, 0.2) is 0 Å². The highest BCUT2D eigenvalue weighted by Crippen LogP contribution is 2.16. The Labute approximate surface area is 98.5 Å². The molecule has 1 unspecified atom stereocenters. The normalized spacial score (nSPS) is 20.9. The Morgan fingerprint density at radius 3 is 2.06 bits per heavy atom. The van der Waals surface area contributed by atoms with Gasteiger partial charge in [0.25, 0.3) is 5.91 Å². The van der Waals surface area contributed by atoms with Crippen LogP contribution in [0.25, 0.3) is 0 Å². The summed E-state index contributed by atoms with van der Waals surface area (Å²) in [5.74, 6) is 0.107. The van der Waals surface area contributed by atoms with Gasteiger partial charge in [-0.2, -0.15) is 0 Å². The highest BCUT2D eigenvalue weighted by molar-refractivity contribution is 5.80. The number of ether oxygens (including phenoxy) is 1. The Bertz CT molecular complexity index is 240. The first-order chi connectivity index (χ1) is 7.36. The van der Waals surface area contributed by atoms with E-state index in [0.717, 1.165) is 26.2 Å². The van der Waals surface area contributed by atoms with E-state index in [1.807, 2.05) is 4.90 Å². The van der Waals surface area contributed by atoms with Crippen LogP contribution in [0.3, 0.4) is 0 Å². The SMILES string of the molecule is COC(C)C(=O)N1CCN(C(C)(C)C)CC1. The number of nitrogens with zero attached hydrogens (tertiary/aromatic N) is 2. The molecule has 16 heavy (non-hydrogen) atoms. The van der Waals surface area contributed by atoms with E-state index < -0.39 is 0 Å². The summed E-state index contributed by atoms with van der Waals surface area (Å²) in [6, 6.07) is 0. The second-order valence-electron chi connectivity index (χ2n) is 5.36. The third-order valence-corrected chi connectivity index (χ3v) is 3.24. The lowest BCUT2D eigenvalue weighted by Gasteiger charge is -2.42. The van der Waals surface area contributed by atoms with Crippen LogP contribution < -0.4 is 0 Å². The lowest BCUT2D eigenvalue weighted by Crippen LogP contribution is -2.56. The van der Waals surface area contributed by atoms with Crippen LogP contribution in [0, 0.1) is 0 Å². The molecule has 94 valence electrons. The van der Waals surface area contributed by atoms with Gasteiger partial charge in [-0.05, 0) is 27.7 Å². The van der Waals surface area contributed by atoms with Gasteiger partial charge in [0.05, 0.1) is 0 Å². The molecule has 1 fully saturated rings. The van der Waals surface area contributed by atoms with Gasteiger partial charge in [-0.3, -0.25) is 9.69 Å². The van der Waals surface area contributed by atoms with Crippen molar-refractivity contribution >= 4 is 5.91 Å². The van der Waals surface area contributed by atoms with Gasteiger partial charge in [-0.25, -0.2) is 0 Å². The molecule has 1 aliphatic heterocycles. The van der Waals surface area contributed by atoms with Crippen molar-refractivity contribution in [3.63, 3.8) is 0 Å². The second-order valence-corrected chi connectivity index (χ2v) is 5.36. The Kier molecular flexibility index (Phi) is 4.33. The van der Waals surface area contributed by atoms with Crippen molar-refractivity contribution in [1.82, 2.24) is 9.80 Å². The van der Waals surface area contributed by atoms with Crippen LogP contribution in [0.2, 0.25) is 0 Å². The molecular formula is C12H24N2O2. The molecule has 1 aliphatic rings. The minimum absolute atomic E-state index is 0.107. The maximum atomic E-state index is 11.9. The van der Waals surface area contributed by atoms with E-state index >= 15 is 0 Å². The van der Waals surface area contributed by atoms with Gasteiger partial charge in [-0.1, -0.05) is 0 Å². The van der Waals surface area contributed by atoms with Gasteiger partial charge in [0, 0.05) is 38.8 Å². The van der Waals surface area contributed by atoms with E-state index in [2.05, 4.69) is 25.7 Å². The fourth-order valence-corrected chi connectivity index (χ4v) is 1.96. The molecule has 0 saturated carbocycles. The van der Waals surface area contributed by atoms with Crippen LogP contribution in [0.1, 0.15) is 27.7 Å². The summed E-state index contributed by atoms with van der Waals surface area (Å²) in [5.41, 5.74) is 0.196. The van der Waals surface area contributed by atoms with Gasteiger partial charge < -0.3 is 9.64 Å². The van der Waals surface area contributed by atoms with E-state index in [9.17, 15) is 4.79 Å². The molecule has 0 radical (unpaired) electrons. The Morgan fingerprint density at radius 2 is 1.69 bits per heavy atom. The molecule has 1 amide bonds. The molecule has 0 aromatic carbocycles. The standard InChI is InChI=1S/C12H24N2O2/c1-10(16-5)11(15)13-6-8-14(9-7-13)12(2,3)4/h10H,6-9H2,1-5H3. The maximum absolute atomic E-state index is 11.9. The van der Waals surface area contributed by atoms with Crippen molar-refractivity contribution in [3.05, 3.63) is 0 Å². The largest absolute Gasteiger partial charge is 0.372 e. The molecule has 0 bridgehead atoms. The lowest BCUT2D eigenvalue weighted by molar-refractivity contribution is -0.143. The zero-order valence-corrected chi connectivity index (χ0v) is 11.1. The predicted octanol–water partition coefficient (Wildman–Crippen LogP) is 0.964. The Hall–Kier alpha value is -0.610. The highest BCUT2D eigenvalue weighted by Gasteiger charge is 2.29. The van der Waals surface area contributed by atoms with Gasteiger partial charge in [-0.15, -0.1) is 0 Å². The number of carbonyl (C=O) groups excluding carboxylic acids is 1. The molecule has 0 spiro atoms. The molecule has 1 atom stereocenters. The average molecular weight is 228 g/mol. The summed E-state index contributed by atoms with van der Waals surface area (Å²) in [5, 5.41) is 0. The van der Waals surface area contributed by atoms with Crippen molar-refractivity contribution in [2.75, 3.05) is 33.3 Å². The molecular weight excluding hydrogens is 204 g/mol. The first-order valence-electron chi connectivity index (χ1n) is 5.93. The zero-order chi connectivity index (χ0) is 12.3. The third kappa shape index (κ3) is 3.19. The van der Waals surface area contributed by atoms with Crippen LogP contribution in [0.5, 0.6) is 0 Å². The summed E-state index contributed by atoms with van der Waals surface area (Å²) in [7, 11) is 1.58. The van der Waals surface area contributed by atoms with Gasteiger partial charge in [0.15, 0.2) is 0 Å². The fourth-order valence-electron chi connectivity index (χ4n) is 1.96. The van der Waals surface area contributed by atoms with Crippen LogP contribution >= 0.6 is 0 Å². The average Bonchev–Trinajstić information content (AvgIpc) is 2.26. The quantitative estimate of drug-likeness (QED) is 0.706. The smallest absolute Gasteiger partial charge is 0.251 e. The van der Waals surface area contributed by atoms with E-state index in [1.165, 1.54) is 0 Å². The summed E-state index contributed by atoms with van der Waals surface area (Å²) < 4.78 is 5.05. The molecule has 0 aliphatic carbocycles. The molecule has 4 heteroatoms. The monoisotopic (exact) mass is 228 g/mol. The molecule has 1 rings (SSSR count). The number of hydrogen-bond donors (Lipinski definition) is 0. The molecule has 0 aromatic rings. The predicted molar refractivity (Wildman–Crippen MR) is 64.4 cm³/mol. The van der Waals surface area contributed by atoms with Gasteiger partial charge >= 0.3 is 0 Å². The molecule has 4 nitrogen and oxygen atoms in total. The minimum Gasteiger partial charge on any atom is -0.372 e. The minimum atomic E-state index is -0.318. The number of piperazine rings is 1. The number of hydrogen-bond acceptors (Lipinski definition) is 3. The lowest BCUT2D eigenvalue weighted by atomic mass is 10.0. The number of rotatable bonds is 2. The zero-order valence-electron chi connectivity index (χ0n) is 11.1. The van der Waals surface area contributed by atoms with Crippen molar-refractivity contribution in [2.45, 2.75) is 39.3 Å². The maximum Gasteiger partial charge on any atom is 0.251 e. The van der Waals surface area contributed by atoms with Gasteiger partial charge in [0.1, 0.15) is 6.10 Å². The van der Waals surface area contributed by atoms with Crippen LogP contribution in [0.4, 0.5) is 0 Å². The van der Waals surface area contributed by atoms with E-state index in [0.29, 0.717) is 0 Å². The molecule has 0 aromatic heterocycles. The van der Waals surface area contributed by atoms with E-state index in [4.69, 9.17) is 4.74 Å². The fraction of sp³-hybridized carbons (Fsp3) is 0.917. The first-order valence-corrected chi connectivity index (χ1v) is 5.93. The van der Waals surface area contributed by atoms with E-state index in [-0.39, 0.29) is 17.6 Å². The summed E-state index contributed by atoms with van der Waals surface area (Å²) in [4.78, 5) is 16.2. The van der Waals surface area contributed by atoms with Crippen molar-refractivity contribution < 1.29 is 9.53 Å². The third-order valence-electron chi connectivity index (χ3n) is 3.24. The summed E-state index contributed by atoms with van der Waals surface area (Å²) in [6.07, 6.45) is -0.318. The van der Waals surface area contributed by atoms with Crippen molar-refractivity contribution in [2.24, 2.45) is 0 Å². The van der Waals surface area contributed by atoms with Crippen LogP contribution in [-0.4, -0.2) is 60.6 Å². The topological polar surface area (TPSA) is 32.8 Å². The van der Waals surface area contributed by atoms with Crippen LogP contribution in [-0.2, 0) is 9.53 Å².